The lowest BCUT2D eigenvalue weighted by atomic mass is 10.1. The van der Waals surface area contributed by atoms with E-state index in [9.17, 15) is 18.0 Å². The molecule has 12 heteroatoms. The van der Waals surface area contributed by atoms with Crippen LogP contribution in [0, 0.1) is 5.92 Å². The molecule has 2 aromatic carbocycles. The Kier molecular flexibility index (Phi) is 7.59. The quantitative estimate of drug-likeness (QED) is 0.442. The van der Waals surface area contributed by atoms with E-state index in [0.29, 0.717) is 5.03 Å². The maximum absolute atomic E-state index is 11.1. The Morgan fingerprint density at radius 1 is 1.09 bits per heavy atom. The molecule has 0 amide bonds. The second-order valence-electron chi connectivity index (χ2n) is 7.01. The second kappa shape index (κ2) is 10.4. The van der Waals surface area contributed by atoms with Crippen molar-refractivity contribution in [2.75, 3.05) is 6.61 Å². The Morgan fingerprint density at radius 2 is 1.76 bits per heavy atom. The molecular formula is C21H18F3N3O5S. The first kappa shape index (κ1) is 24.1. The fourth-order valence-corrected chi connectivity index (χ4v) is 3.33. The zero-order chi connectivity index (χ0) is 24.0. The zero-order valence-corrected chi connectivity index (χ0v) is 17.7. The van der Waals surface area contributed by atoms with E-state index in [0.717, 1.165) is 34.3 Å². The van der Waals surface area contributed by atoms with Gasteiger partial charge in [0.05, 0.1) is 6.61 Å². The first-order chi connectivity index (χ1) is 15.6. The van der Waals surface area contributed by atoms with Gasteiger partial charge < -0.3 is 14.9 Å². The maximum Gasteiger partial charge on any atom is 0.490 e. The molecule has 1 heterocycles. The molecule has 4 rings (SSSR count). The van der Waals surface area contributed by atoms with Gasteiger partial charge in [-0.2, -0.15) is 13.2 Å². The summed E-state index contributed by atoms with van der Waals surface area (Å²) in [6, 6.07) is 16.0. The van der Waals surface area contributed by atoms with E-state index in [2.05, 4.69) is 15.4 Å². The number of nitrogens with zero attached hydrogens (tertiary/aromatic N) is 2. The third-order valence-corrected chi connectivity index (χ3v) is 5.38. The van der Waals surface area contributed by atoms with Gasteiger partial charge in [-0.15, -0.1) is 5.10 Å². The summed E-state index contributed by atoms with van der Waals surface area (Å²) in [5.74, 6) is -2.21. The van der Waals surface area contributed by atoms with Crippen molar-refractivity contribution in [2.24, 2.45) is 5.92 Å². The van der Waals surface area contributed by atoms with Gasteiger partial charge in [0.1, 0.15) is 5.75 Å². The molecule has 3 N–H and O–H groups in total. The fourth-order valence-electron chi connectivity index (χ4n) is 2.52. The van der Waals surface area contributed by atoms with Crippen molar-refractivity contribution in [3.05, 3.63) is 54.2 Å². The van der Waals surface area contributed by atoms with E-state index < -0.39 is 18.1 Å². The molecule has 1 aromatic heterocycles. The minimum Gasteiger partial charge on any atom is -0.493 e. The number of rotatable bonds is 7. The van der Waals surface area contributed by atoms with Crippen molar-refractivity contribution in [3.8, 4) is 16.9 Å². The Hall–Kier alpha value is -3.54. The summed E-state index contributed by atoms with van der Waals surface area (Å²) in [5.41, 5.74) is 2.16. The summed E-state index contributed by atoms with van der Waals surface area (Å²) in [4.78, 5) is 20.9. The molecule has 0 atom stereocenters. The molecule has 3 aromatic rings. The van der Waals surface area contributed by atoms with Gasteiger partial charge in [-0.3, -0.25) is 5.10 Å². The highest BCUT2D eigenvalue weighted by Gasteiger charge is 2.38. The molecule has 0 radical (unpaired) electrons. The number of aromatic nitrogens is 3. The van der Waals surface area contributed by atoms with Crippen LogP contribution >= 0.6 is 11.8 Å². The number of halogens is 3. The Bertz CT molecular complexity index is 1110. The van der Waals surface area contributed by atoms with Crippen molar-refractivity contribution in [1.29, 1.82) is 0 Å². The summed E-state index contributed by atoms with van der Waals surface area (Å²) in [7, 11) is 0. The van der Waals surface area contributed by atoms with Crippen LogP contribution in [-0.2, 0) is 4.79 Å². The Labute approximate surface area is 189 Å². The lowest BCUT2D eigenvalue weighted by Gasteiger charge is -2.08. The van der Waals surface area contributed by atoms with Gasteiger partial charge in [0.2, 0.25) is 0 Å². The molecule has 0 unspecified atom stereocenters. The molecular weight excluding hydrogens is 463 g/mol. The third-order valence-electron chi connectivity index (χ3n) is 4.39. The maximum atomic E-state index is 11.1. The van der Waals surface area contributed by atoms with Crippen LogP contribution in [0.2, 0.25) is 0 Å². The van der Waals surface area contributed by atoms with Crippen LogP contribution in [-0.4, -0.2) is 50.3 Å². The van der Waals surface area contributed by atoms with Crippen LogP contribution in [0.25, 0.3) is 11.1 Å². The van der Waals surface area contributed by atoms with Gasteiger partial charge in [-0.25, -0.2) is 9.59 Å². The molecule has 0 spiro atoms. The number of aromatic amines is 1. The van der Waals surface area contributed by atoms with E-state index in [4.69, 9.17) is 19.7 Å². The SMILES string of the molecule is O=C(O)C(F)(F)F.O=C(O)c1[nH]nnc1Sc1ccc(-c2cccc(OCC3CC3)c2)cc1. The van der Waals surface area contributed by atoms with Gasteiger partial charge >= 0.3 is 18.1 Å². The summed E-state index contributed by atoms with van der Waals surface area (Å²) in [6.07, 6.45) is -2.54. The van der Waals surface area contributed by atoms with Gasteiger partial charge in [0, 0.05) is 4.90 Å². The highest BCUT2D eigenvalue weighted by Crippen LogP contribution is 2.32. The number of nitrogens with one attached hydrogen (secondary N) is 1. The number of benzene rings is 2. The Balaban J connectivity index is 0.000000383. The second-order valence-corrected chi connectivity index (χ2v) is 8.07. The summed E-state index contributed by atoms with van der Waals surface area (Å²) in [5, 5.41) is 26.4. The highest BCUT2D eigenvalue weighted by molar-refractivity contribution is 7.99. The average molecular weight is 481 g/mol. The van der Waals surface area contributed by atoms with Crippen molar-refractivity contribution in [1.82, 2.24) is 15.4 Å². The number of carbonyl (C=O) groups is 2. The predicted molar refractivity (Wildman–Crippen MR) is 111 cm³/mol. The van der Waals surface area contributed by atoms with Crippen LogP contribution in [0.15, 0.2) is 58.5 Å². The topological polar surface area (TPSA) is 125 Å². The van der Waals surface area contributed by atoms with Crippen LogP contribution in [0.5, 0.6) is 5.75 Å². The number of alkyl halides is 3. The summed E-state index contributed by atoms with van der Waals surface area (Å²) < 4.78 is 37.6. The number of carboxylic acid groups (broad SMARTS) is 2. The van der Waals surface area contributed by atoms with E-state index in [-0.39, 0.29) is 5.69 Å². The van der Waals surface area contributed by atoms with E-state index >= 15 is 0 Å². The molecule has 174 valence electrons. The fraction of sp³-hybridized carbons (Fsp3) is 0.238. The first-order valence-corrected chi connectivity index (χ1v) is 10.4. The molecule has 1 fully saturated rings. The number of hydrogen-bond acceptors (Lipinski definition) is 6. The van der Waals surface area contributed by atoms with Crippen molar-refractivity contribution in [2.45, 2.75) is 28.9 Å². The van der Waals surface area contributed by atoms with E-state index in [1.165, 1.54) is 24.6 Å². The number of aliphatic carboxylic acids is 1. The smallest absolute Gasteiger partial charge is 0.490 e. The van der Waals surface area contributed by atoms with E-state index in [1.807, 2.05) is 48.5 Å². The van der Waals surface area contributed by atoms with Gasteiger partial charge in [-0.05, 0) is 54.2 Å². The van der Waals surface area contributed by atoms with Crippen LogP contribution < -0.4 is 4.74 Å². The number of ether oxygens (including phenoxy) is 1. The van der Waals surface area contributed by atoms with Crippen LogP contribution in [0.3, 0.4) is 0 Å². The lowest BCUT2D eigenvalue weighted by Crippen LogP contribution is -2.21. The molecule has 0 bridgehead atoms. The van der Waals surface area contributed by atoms with Gasteiger partial charge in [0.15, 0.2) is 10.7 Å². The predicted octanol–water partition coefficient (Wildman–Crippen LogP) is 4.74. The largest absolute Gasteiger partial charge is 0.493 e. The normalized spacial score (nSPS) is 13.1. The number of aromatic carboxylic acids is 1. The zero-order valence-electron chi connectivity index (χ0n) is 16.9. The van der Waals surface area contributed by atoms with Crippen molar-refractivity contribution in [3.63, 3.8) is 0 Å². The number of H-pyrrole nitrogens is 1. The molecule has 0 aliphatic heterocycles. The minimum atomic E-state index is -5.08. The number of carboxylic acids is 2. The minimum absolute atomic E-state index is 0.000380. The summed E-state index contributed by atoms with van der Waals surface area (Å²) in [6.45, 7) is 0.794. The number of hydrogen-bond donors (Lipinski definition) is 3. The molecule has 8 nitrogen and oxygen atoms in total. The van der Waals surface area contributed by atoms with E-state index in [1.54, 1.807) is 0 Å². The molecule has 0 saturated heterocycles. The Morgan fingerprint density at radius 3 is 2.33 bits per heavy atom. The van der Waals surface area contributed by atoms with Crippen LogP contribution in [0.4, 0.5) is 13.2 Å². The van der Waals surface area contributed by atoms with Crippen molar-refractivity contribution >= 4 is 23.7 Å². The average Bonchev–Trinajstić information content (AvgIpc) is 3.49. The summed E-state index contributed by atoms with van der Waals surface area (Å²) >= 11 is 1.26. The van der Waals surface area contributed by atoms with Crippen molar-refractivity contribution < 1.29 is 37.7 Å². The van der Waals surface area contributed by atoms with Crippen LogP contribution in [0.1, 0.15) is 23.3 Å². The van der Waals surface area contributed by atoms with Gasteiger partial charge in [0.25, 0.3) is 0 Å². The standard InChI is InChI=1S/C19H17N3O3S.C2HF3O2/c23-19(24)17-18(21-22-20-17)26-16-8-6-13(7-9-16)14-2-1-3-15(10-14)25-11-12-4-5-12;3-2(4,5)1(6)7/h1-3,6-10,12H,4-5,11H2,(H,23,24)(H,20,21,22);(H,6,7). The molecule has 1 saturated carbocycles. The van der Waals surface area contributed by atoms with Gasteiger partial charge in [-0.1, -0.05) is 41.2 Å². The highest BCUT2D eigenvalue weighted by atomic mass is 32.2. The molecule has 1 aliphatic carbocycles. The molecule has 33 heavy (non-hydrogen) atoms. The molecule has 1 aliphatic rings. The third kappa shape index (κ3) is 7.24. The monoisotopic (exact) mass is 481 g/mol. The lowest BCUT2D eigenvalue weighted by molar-refractivity contribution is -0.192. The first-order valence-electron chi connectivity index (χ1n) is 9.59.